The number of carboxylic acid groups (broad SMARTS) is 2. The fourth-order valence-electron chi connectivity index (χ4n) is 1.88. The first-order chi connectivity index (χ1) is 10.1. The number of rotatable bonds is 5. The highest BCUT2D eigenvalue weighted by atomic mass is 16.4. The molecule has 0 amide bonds. The van der Waals surface area contributed by atoms with Crippen LogP contribution in [0.2, 0.25) is 0 Å². The molecule has 1 heterocycles. The average Bonchev–Trinajstić information content (AvgIpc) is 2.71. The number of hydrogen-bond acceptors (Lipinski definition) is 5. The number of hydrogen-bond donors (Lipinski definition) is 4. The number of aryl methyl sites for hydroxylation is 1. The molecule has 1 aromatic rings. The van der Waals surface area contributed by atoms with Gasteiger partial charge in [0, 0.05) is 11.3 Å². The van der Waals surface area contributed by atoms with Crippen LogP contribution in [0.4, 0.5) is 0 Å². The zero-order chi connectivity index (χ0) is 17.4. The molecule has 4 N–H and O–H groups in total. The van der Waals surface area contributed by atoms with Gasteiger partial charge in [-0.1, -0.05) is 6.92 Å². The van der Waals surface area contributed by atoms with E-state index in [1.54, 1.807) is 6.92 Å². The summed E-state index contributed by atoms with van der Waals surface area (Å²) < 4.78 is 0. The van der Waals surface area contributed by atoms with Crippen LogP contribution >= 0.6 is 0 Å². The molecule has 0 fully saturated rings. The SMILES string of the molecule is CCNCC(=O)c1[nH]c(C)c(C(C)=O)c1C.O=C(O)C(=O)O. The lowest BCUT2D eigenvalue weighted by molar-refractivity contribution is -0.159. The van der Waals surface area contributed by atoms with Crippen molar-refractivity contribution in [1.29, 1.82) is 0 Å². The molecule has 0 aromatic carbocycles. The quantitative estimate of drug-likeness (QED) is 0.466. The summed E-state index contributed by atoms with van der Waals surface area (Å²) in [5.41, 5.74) is 2.71. The zero-order valence-electron chi connectivity index (χ0n) is 12.9. The summed E-state index contributed by atoms with van der Waals surface area (Å²) in [6, 6.07) is 0. The summed E-state index contributed by atoms with van der Waals surface area (Å²) in [6.07, 6.45) is 0. The Labute approximate surface area is 127 Å². The number of carboxylic acids is 2. The monoisotopic (exact) mass is 312 g/mol. The Balaban J connectivity index is 0.000000626. The summed E-state index contributed by atoms with van der Waals surface area (Å²) >= 11 is 0. The molecule has 8 heteroatoms. The van der Waals surface area contributed by atoms with Crippen LogP contribution in [0.1, 0.15) is 46.0 Å². The van der Waals surface area contributed by atoms with Crippen LogP contribution in [-0.2, 0) is 9.59 Å². The van der Waals surface area contributed by atoms with E-state index in [2.05, 4.69) is 10.3 Å². The summed E-state index contributed by atoms with van der Waals surface area (Å²) in [5, 5.41) is 17.8. The third-order valence-corrected chi connectivity index (χ3v) is 2.79. The molecule has 0 bridgehead atoms. The maximum atomic E-state index is 11.8. The van der Waals surface area contributed by atoms with Crippen LogP contribution < -0.4 is 5.32 Å². The van der Waals surface area contributed by atoms with Crippen molar-refractivity contribution in [1.82, 2.24) is 10.3 Å². The van der Waals surface area contributed by atoms with Gasteiger partial charge >= 0.3 is 11.9 Å². The maximum absolute atomic E-state index is 11.8. The van der Waals surface area contributed by atoms with Gasteiger partial charge < -0.3 is 20.5 Å². The molecule has 1 aromatic heterocycles. The predicted molar refractivity (Wildman–Crippen MR) is 78.4 cm³/mol. The fraction of sp³-hybridized carbons (Fsp3) is 0.429. The lowest BCUT2D eigenvalue weighted by atomic mass is 10.1. The third kappa shape index (κ3) is 5.49. The highest BCUT2D eigenvalue weighted by Crippen LogP contribution is 2.18. The van der Waals surface area contributed by atoms with E-state index >= 15 is 0 Å². The summed E-state index contributed by atoms with van der Waals surface area (Å²) in [6.45, 7) is 8.13. The van der Waals surface area contributed by atoms with Crippen molar-refractivity contribution in [2.75, 3.05) is 13.1 Å². The van der Waals surface area contributed by atoms with Gasteiger partial charge in [-0.05, 0) is 32.9 Å². The molecule has 22 heavy (non-hydrogen) atoms. The number of nitrogens with one attached hydrogen (secondary N) is 2. The lowest BCUT2D eigenvalue weighted by Gasteiger charge is -2.00. The number of carbonyl (C=O) groups excluding carboxylic acids is 2. The molecule has 0 spiro atoms. The van der Waals surface area contributed by atoms with E-state index in [4.69, 9.17) is 19.8 Å². The Morgan fingerprint density at radius 1 is 1.09 bits per heavy atom. The molecule has 0 aliphatic heterocycles. The molecule has 0 saturated heterocycles. The summed E-state index contributed by atoms with van der Waals surface area (Å²) in [4.78, 5) is 44.4. The summed E-state index contributed by atoms with van der Waals surface area (Å²) in [7, 11) is 0. The second-order valence-corrected chi connectivity index (χ2v) is 4.49. The first-order valence-electron chi connectivity index (χ1n) is 6.53. The Morgan fingerprint density at radius 3 is 1.91 bits per heavy atom. The Morgan fingerprint density at radius 2 is 1.59 bits per heavy atom. The van der Waals surface area contributed by atoms with Crippen molar-refractivity contribution >= 4 is 23.5 Å². The highest BCUT2D eigenvalue weighted by molar-refractivity contribution is 6.27. The van der Waals surface area contributed by atoms with Crippen LogP contribution in [-0.4, -0.2) is 51.8 Å². The fourth-order valence-corrected chi connectivity index (χ4v) is 1.88. The molecule has 8 nitrogen and oxygen atoms in total. The smallest absolute Gasteiger partial charge is 0.414 e. The van der Waals surface area contributed by atoms with E-state index in [9.17, 15) is 9.59 Å². The van der Waals surface area contributed by atoms with E-state index in [-0.39, 0.29) is 11.6 Å². The minimum Gasteiger partial charge on any atom is -0.473 e. The van der Waals surface area contributed by atoms with E-state index in [1.165, 1.54) is 6.92 Å². The van der Waals surface area contributed by atoms with Gasteiger partial charge in [-0.15, -0.1) is 0 Å². The topological polar surface area (TPSA) is 137 Å². The van der Waals surface area contributed by atoms with Gasteiger partial charge in [-0.2, -0.15) is 0 Å². The first kappa shape index (κ1) is 19.5. The number of aromatic nitrogens is 1. The third-order valence-electron chi connectivity index (χ3n) is 2.79. The van der Waals surface area contributed by atoms with E-state index in [0.717, 1.165) is 17.8 Å². The lowest BCUT2D eigenvalue weighted by Crippen LogP contribution is -2.23. The highest BCUT2D eigenvalue weighted by Gasteiger charge is 2.18. The minimum absolute atomic E-state index is 0.00468. The largest absolute Gasteiger partial charge is 0.473 e. The normalized spacial score (nSPS) is 9.64. The zero-order valence-corrected chi connectivity index (χ0v) is 12.9. The molecule has 0 atom stereocenters. The van der Waals surface area contributed by atoms with Crippen LogP contribution in [0.3, 0.4) is 0 Å². The Kier molecular flexibility index (Phi) is 7.74. The van der Waals surface area contributed by atoms with Crippen LogP contribution in [0.25, 0.3) is 0 Å². The number of aliphatic carboxylic acids is 2. The molecule has 122 valence electrons. The van der Waals surface area contributed by atoms with Crippen LogP contribution in [0.5, 0.6) is 0 Å². The number of aromatic amines is 1. The van der Waals surface area contributed by atoms with Gasteiger partial charge in [0.15, 0.2) is 11.6 Å². The Hall–Kier alpha value is -2.48. The molecular weight excluding hydrogens is 292 g/mol. The second-order valence-electron chi connectivity index (χ2n) is 4.49. The molecule has 0 aliphatic carbocycles. The van der Waals surface area contributed by atoms with Crippen molar-refractivity contribution < 1.29 is 29.4 Å². The van der Waals surface area contributed by atoms with Gasteiger partial charge in [0.05, 0.1) is 12.2 Å². The number of carbonyl (C=O) groups is 4. The minimum atomic E-state index is -1.82. The molecule has 0 saturated carbocycles. The molecule has 1 rings (SSSR count). The number of Topliss-reactive ketones (excluding diaryl/α,β-unsaturated/α-hetero) is 2. The van der Waals surface area contributed by atoms with Crippen molar-refractivity contribution in [3.63, 3.8) is 0 Å². The summed E-state index contributed by atoms with van der Waals surface area (Å²) in [5.74, 6) is -3.66. The van der Waals surface area contributed by atoms with E-state index in [1.807, 2.05) is 13.8 Å². The maximum Gasteiger partial charge on any atom is 0.414 e. The number of ketones is 2. The molecule has 0 aliphatic rings. The first-order valence-corrected chi connectivity index (χ1v) is 6.53. The van der Waals surface area contributed by atoms with E-state index < -0.39 is 11.9 Å². The molecular formula is C14H20N2O6. The van der Waals surface area contributed by atoms with Crippen molar-refractivity contribution in [3.05, 3.63) is 22.5 Å². The second kappa shape index (κ2) is 8.73. The van der Waals surface area contributed by atoms with Gasteiger partial charge in [0.1, 0.15) is 0 Å². The van der Waals surface area contributed by atoms with Gasteiger partial charge in [0.2, 0.25) is 0 Å². The van der Waals surface area contributed by atoms with Gasteiger partial charge in [-0.3, -0.25) is 9.59 Å². The van der Waals surface area contributed by atoms with Crippen LogP contribution in [0.15, 0.2) is 0 Å². The number of likely N-dealkylation sites (N-methyl/N-ethyl adjacent to an activating group) is 1. The predicted octanol–water partition coefficient (Wildman–Crippen LogP) is 0.782. The van der Waals surface area contributed by atoms with Crippen molar-refractivity contribution in [3.8, 4) is 0 Å². The number of H-pyrrole nitrogens is 1. The van der Waals surface area contributed by atoms with Crippen molar-refractivity contribution in [2.24, 2.45) is 0 Å². The Bertz CT molecular complexity index is 576. The molecule has 0 unspecified atom stereocenters. The average molecular weight is 312 g/mol. The van der Waals surface area contributed by atoms with Gasteiger partial charge in [0.25, 0.3) is 0 Å². The van der Waals surface area contributed by atoms with Crippen LogP contribution in [0, 0.1) is 13.8 Å². The standard InChI is InChI=1S/C12H18N2O2.C2H2O4/c1-5-13-6-10(16)12-7(2)11(9(4)15)8(3)14-12;3-1(4)2(5)6/h13-14H,5-6H2,1-4H3;(H,3,4)(H,5,6). The van der Waals surface area contributed by atoms with Gasteiger partial charge in [-0.25, -0.2) is 9.59 Å². The van der Waals surface area contributed by atoms with Crippen molar-refractivity contribution in [2.45, 2.75) is 27.7 Å². The van der Waals surface area contributed by atoms with E-state index in [0.29, 0.717) is 17.8 Å². The molecule has 0 radical (unpaired) electrons.